The molecule has 0 aliphatic rings. The summed E-state index contributed by atoms with van der Waals surface area (Å²) in [5.41, 5.74) is 2.47. The smallest absolute Gasteiger partial charge is 1.00 e. The van der Waals surface area contributed by atoms with Crippen molar-refractivity contribution in [3.8, 4) is 10.6 Å². The predicted molar refractivity (Wildman–Crippen MR) is 144 cm³/mol. The van der Waals surface area contributed by atoms with Crippen LogP contribution < -0.4 is 49.1 Å². The summed E-state index contributed by atoms with van der Waals surface area (Å²) in [6, 6.07) is 43.7. The van der Waals surface area contributed by atoms with Gasteiger partial charge in [0, 0.05) is 0 Å². The molecule has 0 amide bonds. The van der Waals surface area contributed by atoms with Crippen LogP contribution in [0.25, 0.3) is 10.6 Å². The number of thiazole rings is 1. The predicted octanol–water partition coefficient (Wildman–Crippen LogP) is 1.81. The van der Waals surface area contributed by atoms with E-state index in [1.807, 2.05) is 11.3 Å². The summed E-state index contributed by atoms with van der Waals surface area (Å²) >= 11 is 2.20. The molecule has 5 aromatic rings. The Morgan fingerprint density at radius 2 is 1.00 bits per heavy atom. The first-order valence-corrected chi connectivity index (χ1v) is 15.7. The van der Waals surface area contributed by atoms with E-state index in [9.17, 15) is 0 Å². The molecule has 0 aliphatic heterocycles. The van der Waals surface area contributed by atoms with Crippen molar-refractivity contribution in [2.45, 2.75) is 5.82 Å². The Hall–Kier alpha value is -1.81. The molecule has 0 unspecified atom stereocenters. The number of hydrogen-bond acceptors (Lipinski definition) is 2. The number of rotatable bonds is 6. The van der Waals surface area contributed by atoms with Gasteiger partial charge in [-0.3, -0.25) is 0 Å². The molecule has 0 saturated carbocycles. The van der Waals surface area contributed by atoms with Gasteiger partial charge in [-0.15, -0.1) is 0 Å². The molecule has 0 N–H and O–H groups in total. The summed E-state index contributed by atoms with van der Waals surface area (Å²) in [5.74, 6) is 2.31. The fraction of sp³-hybridized carbons (Fsp3) is 0.0357. The van der Waals surface area contributed by atoms with Gasteiger partial charge in [-0.25, -0.2) is 0 Å². The van der Waals surface area contributed by atoms with Crippen LogP contribution in [0.15, 0.2) is 121 Å². The molecule has 0 atom stereocenters. The van der Waals surface area contributed by atoms with Crippen LogP contribution in [-0.2, 0) is 0 Å². The van der Waals surface area contributed by atoms with E-state index in [1.165, 1.54) is 30.7 Å². The fourth-order valence-electron chi connectivity index (χ4n) is 4.12. The van der Waals surface area contributed by atoms with Gasteiger partial charge in [0.2, 0.25) is 0 Å². The SMILES string of the molecule is C[Se]c1sc(-c2ccccc2)nc1[P+](c1ccccc1)(c1ccccc1)c1ccccc1.[I-]. The van der Waals surface area contributed by atoms with Gasteiger partial charge in [-0.05, 0) is 0 Å². The molecule has 33 heavy (non-hydrogen) atoms. The Morgan fingerprint density at radius 3 is 1.39 bits per heavy atom. The summed E-state index contributed by atoms with van der Waals surface area (Å²) in [7, 11) is -2.14. The number of hydrogen-bond donors (Lipinski definition) is 0. The first-order chi connectivity index (χ1) is 15.8. The standard InChI is InChI=1S/C28H23NPSSe.HI/c1-32-28-26(29-27(31-28)22-14-6-2-7-15-22)30(23-16-8-3-9-17-23,24-18-10-4-11-19-24)25-20-12-5-13-21-25;/h2-21H,1H3;1H/q+1;/p-1. The Labute approximate surface area is 223 Å². The second kappa shape index (κ2) is 11.1. The van der Waals surface area contributed by atoms with E-state index in [4.69, 9.17) is 4.98 Å². The van der Waals surface area contributed by atoms with E-state index < -0.39 is 7.26 Å². The molecule has 4 aromatic carbocycles. The molecule has 0 fully saturated rings. The number of aromatic nitrogens is 1. The normalized spacial score (nSPS) is 11.1. The van der Waals surface area contributed by atoms with Crippen molar-refractivity contribution in [3.63, 3.8) is 0 Å². The van der Waals surface area contributed by atoms with E-state index in [0.29, 0.717) is 15.0 Å². The Kier molecular flexibility index (Phi) is 8.16. The molecule has 0 aliphatic carbocycles. The van der Waals surface area contributed by atoms with Gasteiger partial charge in [-0.1, -0.05) is 0 Å². The Bertz CT molecular complexity index is 1200. The van der Waals surface area contributed by atoms with Crippen LogP contribution in [0.1, 0.15) is 0 Å². The zero-order valence-electron chi connectivity index (χ0n) is 18.1. The summed E-state index contributed by atoms with van der Waals surface area (Å²) < 4.78 is 1.43. The first-order valence-electron chi connectivity index (χ1n) is 10.5. The average molecular weight is 642 g/mol. The van der Waals surface area contributed by atoms with E-state index in [-0.39, 0.29) is 24.0 Å². The number of halogens is 1. The zero-order chi connectivity index (χ0) is 21.8. The summed E-state index contributed by atoms with van der Waals surface area (Å²) in [5, 5.41) is 5.18. The van der Waals surface area contributed by atoms with E-state index >= 15 is 0 Å². The molecule has 0 bridgehead atoms. The van der Waals surface area contributed by atoms with Crippen molar-refractivity contribution >= 4 is 58.7 Å². The maximum Gasteiger partial charge on any atom is -1.00 e. The molecule has 1 aromatic heterocycles. The van der Waals surface area contributed by atoms with E-state index in [0.717, 1.165) is 5.01 Å². The largest absolute Gasteiger partial charge is 1.00 e. The third-order valence-corrected chi connectivity index (χ3v) is 13.7. The van der Waals surface area contributed by atoms with Gasteiger partial charge in [0.1, 0.15) is 0 Å². The monoisotopic (exact) mass is 643 g/mol. The van der Waals surface area contributed by atoms with E-state index in [2.05, 4.69) is 127 Å². The third kappa shape index (κ3) is 4.60. The fourth-order valence-corrected chi connectivity index (χ4v) is 12.4. The minimum atomic E-state index is -2.14. The maximum atomic E-state index is 5.44. The Morgan fingerprint density at radius 1 is 0.606 bits per heavy atom. The zero-order valence-corrected chi connectivity index (χ0v) is 23.7. The molecule has 0 radical (unpaired) electrons. The molecule has 5 heteroatoms. The Balaban J connectivity index is 0.00000259. The van der Waals surface area contributed by atoms with Crippen molar-refractivity contribution in [2.75, 3.05) is 0 Å². The van der Waals surface area contributed by atoms with Gasteiger partial charge in [0.15, 0.2) is 0 Å². The molecule has 5 rings (SSSR count). The molecule has 0 saturated heterocycles. The topological polar surface area (TPSA) is 12.9 Å². The van der Waals surface area contributed by atoms with Crippen LogP contribution in [-0.4, -0.2) is 19.9 Å². The van der Waals surface area contributed by atoms with Crippen LogP contribution >= 0.6 is 18.6 Å². The van der Waals surface area contributed by atoms with Gasteiger partial charge in [0.25, 0.3) is 0 Å². The van der Waals surface area contributed by atoms with Crippen LogP contribution in [0.3, 0.4) is 0 Å². The maximum absolute atomic E-state index is 5.44. The van der Waals surface area contributed by atoms with Gasteiger partial charge >= 0.3 is 201 Å². The van der Waals surface area contributed by atoms with E-state index in [1.54, 1.807) is 0 Å². The van der Waals surface area contributed by atoms with Crippen molar-refractivity contribution in [2.24, 2.45) is 0 Å². The van der Waals surface area contributed by atoms with Crippen LogP contribution in [0.2, 0.25) is 5.82 Å². The van der Waals surface area contributed by atoms with Crippen molar-refractivity contribution in [1.82, 2.24) is 4.98 Å². The molecule has 0 spiro atoms. The summed E-state index contributed by atoms with van der Waals surface area (Å²) in [4.78, 5) is 5.44. The molecule has 1 nitrogen and oxygen atoms in total. The van der Waals surface area contributed by atoms with Crippen LogP contribution in [0.4, 0.5) is 0 Å². The van der Waals surface area contributed by atoms with Crippen LogP contribution in [0, 0.1) is 0 Å². The average Bonchev–Trinajstić information content (AvgIpc) is 3.32. The third-order valence-electron chi connectivity index (χ3n) is 5.53. The van der Waals surface area contributed by atoms with Crippen LogP contribution in [0.5, 0.6) is 0 Å². The van der Waals surface area contributed by atoms with Gasteiger partial charge in [0.05, 0.1) is 0 Å². The van der Waals surface area contributed by atoms with Gasteiger partial charge in [-0.2, -0.15) is 0 Å². The minimum Gasteiger partial charge on any atom is -1.00 e. The molecular weight excluding hydrogens is 619 g/mol. The minimum absolute atomic E-state index is 0. The molecule has 1 heterocycles. The quantitative estimate of drug-likeness (QED) is 0.157. The molecular formula is C28H23INPSSe. The summed E-state index contributed by atoms with van der Waals surface area (Å²) in [6.07, 6.45) is 0. The second-order valence-corrected chi connectivity index (χ2v) is 14.0. The van der Waals surface area contributed by atoms with Gasteiger partial charge < -0.3 is 24.0 Å². The first kappa shape index (κ1) is 24.3. The summed E-state index contributed by atoms with van der Waals surface area (Å²) in [6.45, 7) is 0. The molecule has 164 valence electrons. The van der Waals surface area contributed by atoms with Crippen molar-refractivity contribution in [1.29, 1.82) is 0 Å². The van der Waals surface area contributed by atoms with Crippen molar-refractivity contribution < 1.29 is 24.0 Å². The number of nitrogens with zero attached hydrogens (tertiary/aromatic N) is 1. The second-order valence-electron chi connectivity index (χ2n) is 7.38. The number of benzene rings is 4. The van der Waals surface area contributed by atoms with Crippen molar-refractivity contribution in [3.05, 3.63) is 121 Å².